The minimum atomic E-state index is -0.435. The molecule has 1 saturated heterocycles. The van der Waals surface area contributed by atoms with Crippen molar-refractivity contribution in [1.29, 1.82) is 0 Å². The smallest absolute Gasteiger partial charge is 0.212 e. The molecule has 104 valence electrons. The molecule has 0 saturated carbocycles. The molecule has 0 unspecified atom stereocenters. The lowest BCUT2D eigenvalue weighted by Gasteiger charge is -2.26. The number of benzene rings is 1. The first-order chi connectivity index (χ1) is 9.81. The number of hydrogen-bond acceptors (Lipinski definition) is 2. The van der Waals surface area contributed by atoms with Crippen LogP contribution in [0.15, 0.2) is 42.6 Å². The van der Waals surface area contributed by atoms with Gasteiger partial charge in [0.05, 0.1) is 0 Å². The van der Waals surface area contributed by atoms with Gasteiger partial charge in [0.2, 0.25) is 5.95 Å². The van der Waals surface area contributed by atoms with Gasteiger partial charge in [-0.2, -0.15) is 4.39 Å². The first kappa shape index (κ1) is 13.3. The van der Waals surface area contributed by atoms with Gasteiger partial charge in [0, 0.05) is 18.3 Å². The molecule has 0 bridgehead atoms. The van der Waals surface area contributed by atoms with Crippen LogP contribution in [0.4, 0.5) is 4.39 Å². The van der Waals surface area contributed by atoms with E-state index in [4.69, 9.17) is 0 Å². The molecule has 2 nitrogen and oxygen atoms in total. The first-order valence-corrected chi connectivity index (χ1v) is 7.24. The van der Waals surface area contributed by atoms with Crippen LogP contribution in [0.1, 0.15) is 24.8 Å². The summed E-state index contributed by atoms with van der Waals surface area (Å²) in [6.07, 6.45) is 5.58. The molecular weight excluding hydrogens is 251 g/mol. The van der Waals surface area contributed by atoms with Crippen molar-refractivity contribution < 1.29 is 4.39 Å². The second-order valence-electron chi connectivity index (χ2n) is 5.40. The monoisotopic (exact) mass is 270 g/mol. The number of rotatable bonds is 3. The van der Waals surface area contributed by atoms with Crippen molar-refractivity contribution in [3.63, 3.8) is 0 Å². The fourth-order valence-corrected chi connectivity index (χ4v) is 2.72. The van der Waals surface area contributed by atoms with Crippen molar-refractivity contribution in [2.24, 2.45) is 0 Å². The zero-order valence-corrected chi connectivity index (χ0v) is 11.6. The summed E-state index contributed by atoms with van der Waals surface area (Å²) in [4.78, 5) is 6.21. The number of pyridine rings is 1. The zero-order chi connectivity index (χ0) is 13.8. The van der Waals surface area contributed by atoms with E-state index in [0.29, 0.717) is 0 Å². The lowest BCUT2D eigenvalue weighted by molar-refractivity contribution is 0.221. The van der Waals surface area contributed by atoms with E-state index in [-0.39, 0.29) is 0 Å². The van der Waals surface area contributed by atoms with Crippen LogP contribution in [-0.4, -0.2) is 23.0 Å². The maximum Gasteiger partial charge on any atom is 0.212 e. The maximum atomic E-state index is 12.8. The molecule has 0 radical (unpaired) electrons. The molecule has 3 heteroatoms. The molecule has 0 spiro atoms. The normalized spacial score (nSPS) is 16.2. The summed E-state index contributed by atoms with van der Waals surface area (Å²) >= 11 is 0. The van der Waals surface area contributed by atoms with Crippen molar-refractivity contribution in [3.05, 3.63) is 54.1 Å². The Morgan fingerprint density at radius 1 is 0.900 bits per heavy atom. The van der Waals surface area contributed by atoms with Gasteiger partial charge in [-0.1, -0.05) is 30.7 Å². The Labute approximate surface area is 119 Å². The van der Waals surface area contributed by atoms with Gasteiger partial charge in [0.15, 0.2) is 0 Å². The summed E-state index contributed by atoms with van der Waals surface area (Å²) < 4.78 is 12.8. The van der Waals surface area contributed by atoms with Gasteiger partial charge in [0.25, 0.3) is 0 Å². The highest BCUT2D eigenvalue weighted by Crippen LogP contribution is 2.20. The maximum absolute atomic E-state index is 12.8. The van der Waals surface area contributed by atoms with Gasteiger partial charge in [0.1, 0.15) is 0 Å². The molecule has 1 aliphatic rings. The second-order valence-corrected chi connectivity index (χ2v) is 5.40. The number of likely N-dealkylation sites (tertiary alicyclic amines) is 1. The van der Waals surface area contributed by atoms with Gasteiger partial charge in [-0.3, -0.25) is 4.90 Å². The van der Waals surface area contributed by atoms with Crippen molar-refractivity contribution in [2.75, 3.05) is 13.1 Å². The Morgan fingerprint density at radius 3 is 2.25 bits per heavy atom. The number of nitrogens with zero attached hydrogens (tertiary/aromatic N) is 2. The third kappa shape index (κ3) is 3.23. The molecule has 3 rings (SSSR count). The van der Waals surface area contributed by atoms with E-state index in [9.17, 15) is 4.39 Å². The van der Waals surface area contributed by atoms with Crippen LogP contribution in [0, 0.1) is 5.95 Å². The van der Waals surface area contributed by atoms with Crippen LogP contribution >= 0.6 is 0 Å². The van der Waals surface area contributed by atoms with Crippen LogP contribution in [0.5, 0.6) is 0 Å². The zero-order valence-electron chi connectivity index (χ0n) is 11.6. The van der Waals surface area contributed by atoms with Gasteiger partial charge >= 0.3 is 0 Å². The molecule has 1 aliphatic heterocycles. The van der Waals surface area contributed by atoms with Crippen molar-refractivity contribution >= 4 is 0 Å². The predicted molar refractivity (Wildman–Crippen MR) is 78.8 cm³/mol. The first-order valence-electron chi connectivity index (χ1n) is 7.24. The van der Waals surface area contributed by atoms with Crippen molar-refractivity contribution in [2.45, 2.75) is 25.8 Å². The Hall–Kier alpha value is -1.74. The summed E-state index contributed by atoms with van der Waals surface area (Å²) in [6.45, 7) is 3.45. The Morgan fingerprint density at radius 2 is 1.60 bits per heavy atom. The van der Waals surface area contributed by atoms with Crippen LogP contribution in [0.3, 0.4) is 0 Å². The molecule has 0 atom stereocenters. The highest BCUT2D eigenvalue weighted by atomic mass is 19.1. The van der Waals surface area contributed by atoms with Crippen LogP contribution in [-0.2, 0) is 6.54 Å². The SMILES string of the molecule is Fc1ccc(-c2ccc(CN3CCCCC3)cc2)cn1. The average Bonchev–Trinajstić information content (AvgIpc) is 2.50. The van der Waals surface area contributed by atoms with E-state index in [2.05, 4.69) is 34.1 Å². The molecule has 0 amide bonds. The third-order valence-electron chi connectivity index (χ3n) is 3.87. The van der Waals surface area contributed by atoms with Gasteiger partial charge in [-0.25, -0.2) is 4.98 Å². The summed E-state index contributed by atoms with van der Waals surface area (Å²) in [5.41, 5.74) is 3.38. The number of piperidine rings is 1. The molecule has 1 fully saturated rings. The van der Waals surface area contributed by atoms with E-state index < -0.39 is 5.95 Å². The van der Waals surface area contributed by atoms with Crippen molar-refractivity contribution in [3.8, 4) is 11.1 Å². The fourth-order valence-electron chi connectivity index (χ4n) is 2.72. The quantitative estimate of drug-likeness (QED) is 0.787. The molecule has 20 heavy (non-hydrogen) atoms. The molecule has 1 aromatic heterocycles. The molecule has 0 N–H and O–H groups in total. The molecule has 1 aromatic carbocycles. The van der Waals surface area contributed by atoms with Crippen LogP contribution in [0.25, 0.3) is 11.1 Å². The Balaban J connectivity index is 1.69. The molecule has 2 aromatic rings. The van der Waals surface area contributed by atoms with Crippen LogP contribution in [0.2, 0.25) is 0 Å². The second kappa shape index (κ2) is 6.14. The van der Waals surface area contributed by atoms with E-state index in [1.165, 1.54) is 44.0 Å². The van der Waals surface area contributed by atoms with Gasteiger partial charge in [-0.15, -0.1) is 0 Å². The van der Waals surface area contributed by atoms with Crippen molar-refractivity contribution in [1.82, 2.24) is 9.88 Å². The standard InChI is InChI=1S/C17H19FN2/c18-17-9-8-16(12-19-17)15-6-4-14(5-7-15)13-20-10-2-1-3-11-20/h4-9,12H,1-3,10-11,13H2. The average molecular weight is 270 g/mol. The van der Waals surface area contributed by atoms with Gasteiger partial charge in [-0.05, 0) is 49.2 Å². The fraction of sp³-hybridized carbons (Fsp3) is 0.353. The topological polar surface area (TPSA) is 16.1 Å². The lowest BCUT2D eigenvalue weighted by atomic mass is 10.0. The van der Waals surface area contributed by atoms with Gasteiger partial charge < -0.3 is 0 Å². The molecule has 2 heterocycles. The number of halogens is 1. The summed E-state index contributed by atoms with van der Waals surface area (Å²) in [6, 6.07) is 11.7. The van der Waals surface area contributed by atoms with E-state index in [1.54, 1.807) is 12.3 Å². The van der Waals surface area contributed by atoms with E-state index in [1.807, 2.05) is 0 Å². The number of aromatic nitrogens is 1. The van der Waals surface area contributed by atoms with E-state index >= 15 is 0 Å². The number of hydrogen-bond donors (Lipinski definition) is 0. The largest absolute Gasteiger partial charge is 0.299 e. The predicted octanol–water partition coefficient (Wildman–Crippen LogP) is 3.87. The summed E-state index contributed by atoms with van der Waals surface area (Å²) in [7, 11) is 0. The summed E-state index contributed by atoms with van der Waals surface area (Å²) in [5.74, 6) is -0.435. The molecular formula is C17H19FN2. The Kier molecular flexibility index (Phi) is 4.07. The highest BCUT2D eigenvalue weighted by molar-refractivity contribution is 5.62. The summed E-state index contributed by atoms with van der Waals surface area (Å²) in [5, 5.41) is 0. The lowest BCUT2D eigenvalue weighted by Crippen LogP contribution is -2.28. The minimum absolute atomic E-state index is 0.435. The molecule has 0 aliphatic carbocycles. The van der Waals surface area contributed by atoms with E-state index in [0.717, 1.165) is 17.7 Å². The Bertz CT molecular complexity index is 542. The highest BCUT2D eigenvalue weighted by Gasteiger charge is 2.10. The minimum Gasteiger partial charge on any atom is -0.299 e. The van der Waals surface area contributed by atoms with Crippen LogP contribution < -0.4 is 0 Å². The third-order valence-corrected chi connectivity index (χ3v) is 3.87.